The Balaban J connectivity index is 1.80. The summed E-state index contributed by atoms with van der Waals surface area (Å²) in [5, 5.41) is 9.62. The van der Waals surface area contributed by atoms with Gasteiger partial charge in [-0.2, -0.15) is 18.3 Å². The second kappa shape index (κ2) is 8.84. The van der Waals surface area contributed by atoms with Crippen LogP contribution in [-0.4, -0.2) is 28.9 Å². The maximum absolute atomic E-state index is 12.1. The van der Waals surface area contributed by atoms with Crippen molar-refractivity contribution in [1.82, 2.24) is 15.5 Å². The van der Waals surface area contributed by atoms with Crippen LogP contribution < -0.4 is 5.32 Å². The monoisotopic (exact) mass is 369 g/mol. The number of aromatic amines is 1. The van der Waals surface area contributed by atoms with E-state index in [1.165, 1.54) is 0 Å². The second-order valence-electron chi connectivity index (χ2n) is 6.48. The smallest absolute Gasteiger partial charge is 0.367 e. The molecule has 1 heterocycles. The van der Waals surface area contributed by atoms with E-state index in [2.05, 4.69) is 34.1 Å². The van der Waals surface area contributed by atoms with Crippen LogP contribution in [0.15, 0.2) is 30.3 Å². The van der Waals surface area contributed by atoms with Crippen LogP contribution >= 0.6 is 0 Å². The fourth-order valence-electron chi connectivity index (χ4n) is 2.33. The van der Waals surface area contributed by atoms with E-state index in [1.54, 1.807) is 30.3 Å². The summed E-state index contributed by atoms with van der Waals surface area (Å²) in [7, 11) is 0. The number of ether oxygens (including phenoxy) is 1. The molecule has 5 nitrogen and oxygen atoms in total. The summed E-state index contributed by atoms with van der Waals surface area (Å²) < 4.78 is 40.7. The molecule has 0 saturated heterocycles. The predicted molar refractivity (Wildman–Crippen MR) is 90.5 cm³/mol. The predicted octanol–water partition coefficient (Wildman–Crippen LogP) is 3.62. The molecular weight excluding hydrogens is 347 g/mol. The van der Waals surface area contributed by atoms with Gasteiger partial charge < -0.3 is 10.1 Å². The maximum Gasteiger partial charge on any atom is 0.411 e. The number of benzene rings is 1. The van der Waals surface area contributed by atoms with Crippen LogP contribution in [0.2, 0.25) is 0 Å². The van der Waals surface area contributed by atoms with Crippen molar-refractivity contribution in [3.05, 3.63) is 52.8 Å². The molecule has 0 atom stereocenters. The van der Waals surface area contributed by atoms with Gasteiger partial charge in [0.2, 0.25) is 0 Å². The Kier molecular flexibility index (Phi) is 6.79. The quantitative estimate of drug-likeness (QED) is 0.747. The van der Waals surface area contributed by atoms with Gasteiger partial charge in [0, 0.05) is 12.2 Å². The summed E-state index contributed by atoms with van der Waals surface area (Å²) in [5.74, 6) is 0.179. The van der Waals surface area contributed by atoms with Crippen LogP contribution in [0.25, 0.3) is 0 Å². The van der Waals surface area contributed by atoms with Gasteiger partial charge in [-0.25, -0.2) is 0 Å². The molecule has 26 heavy (non-hydrogen) atoms. The highest BCUT2D eigenvalue weighted by Crippen LogP contribution is 2.16. The molecule has 0 spiro atoms. The highest BCUT2D eigenvalue weighted by Gasteiger charge is 2.27. The van der Waals surface area contributed by atoms with Gasteiger partial charge in [-0.3, -0.25) is 9.89 Å². The number of rotatable bonds is 8. The summed E-state index contributed by atoms with van der Waals surface area (Å²) in [6.07, 6.45) is -3.51. The summed E-state index contributed by atoms with van der Waals surface area (Å²) in [4.78, 5) is 12.1. The normalized spacial score (nSPS) is 11.8. The van der Waals surface area contributed by atoms with Crippen molar-refractivity contribution in [2.24, 2.45) is 5.92 Å². The number of hydrogen-bond acceptors (Lipinski definition) is 3. The highest BCUT2D eigenvalue weighted by molar-refractivity contribution is 5.92. The van der Waals surface area contributed by atoms with E-state index in [0.29, 0.717) is 23.7 Å². The lowest BCUT2D eigenvalue weighted by molar-refractivity contribution is -0.176. The van der Waals surface area contributed by atoms with Gasteiger partial charge >= 0.3 is 6.18 Å². The molecule has 8 heteroatoms. The van der Waals surface area contributed by atoms with E-state index in [0.717, 1.165) is 17.7 Å². The third-order valence-corrected chi connectivity index (χ3v) is 3.50. The first-order valence-electron chi connectivity index (χ1n) is 8.28. The molecule has 0 unspecified atom stereocenters. The molecule has 0 fully saturated rings. The van der Waals surface area contributed by atoms with E-state index in [-0.39, 0.29) is 12.5 Å². The van der Waals surface area contributed by atoms with Crippen LogP contribution in [0.1, 0.15) is 41.2 Å². The molecule has 0 aliphatic carbocycles. The molecule has 2 aromatic rings. The minimum Gasteiger partial charge on any atom is -0.367 e. The Morgan fingerprint density at radius 1 is 1.23 bits per heavy atom. The van der Waals surface area contributed by atoms with Gasteiger partial charge in [0.05, 0.1) is 6.61 Å². The molecule has 2 N–H and O–H groups in total. The molecular formula is C18H22F3N3O2. The minimum atomic E-state index is -4.33. The number of H-pyrrole nitrogens is 1. The fourth-order valence-corrected chi connectivity index (χ4v) is 2.33. The van der Waals surface area contributed by atoms with Gasteiger partial charge in [0.1, 0.15) is 12.3 Å². The Morgan fingerprint density at radius 3 is 2.50 bits per heavy atom. The number of alkyl halides is 3. The van der Waals surface area contributed by atoms with E-state index in [1.807, 2.05) is 0 Å². The molecule has 0 aliphatic heterocycles. The van der Waals surface area contributed by atoms with Crippen LogP contribution in [0, 0.1) is 5.92 Å². The molecule has 0 radical (unpaired) electrons. The average molecular weight is 369 g/mol. The number of nitrogens with one attached hydrogen (secondary N) is 2. The third kappa shape index (κ3) is 6.87. The number of hydrogen-bond donors (Lipinski definition) is 2. The van der Waals surface area contributed by atoms with Crippen molar-refractivity contribution in [3.63, 3.8) is 0 Å². The third-order valence-electron chi connectivity index (χ3n) is 3.50. The Hall–Kier alpha value is -2.35. The summed E-state index contributed by atoms with van der Waals surface area (Å²) in [5.41, 5.74) is 2.71. The number of nitrogens with zero attached hydrogens (tertiary/aromatic N) is 1. The van der Waals surface area contributed by atoms with Gasteiger partial charge in [-0.15, -0.1) is 0 Å². The van der Waals surface area contributed by atoms with Crippen molar-refractivity contribution >= 4 is 5.91 Å². The summed E-state index contributed by atoms with van der Waals surface area (Å²) in [6.45, 7) is 3.08. The van der Waals surface area contributed by atoms with Gasteiger partial charge in [0.15, 0.2) is 0 Å². The zero-order valence-corrected chi connectivity index (χ0v) is 14.7. The van der Waals surface area contributed by atoms with E-state index >= 15 is 0 Å². The molecule has 0 aliphatic rings. The van der Waals surface area contributed by atoms with E-state index < -0.39 is 12.8 Å². The topological polar surface area (TPSA) is 67.0 Å². The standard InChI is InChI=1S/C18H22F3N3O2/c1-12(2)7-15-8-16(24-23-15)17(25)22-9-13-3-5-14(6-4-13)10-26-11-18(19,20)21/h3-6,8,12H,7,9-11H2,1-2H3,(H,22,25)(H,23,24). The molecule has 1 aromatic heterocycles. The first-order valence-corrected chi connectivity index (χ1v) is 8.28. The number of halogens is 3. The number of amides is 1. The van der Waals surface area contributed by atoms with Gasteiger partial charge in [-0.05, 0) is 29.5 Å². The van der Waals surface area contributed by atoms with Crippen LogP contribution in [0.4, 0.5) is 13.2 Å². The summed E-state index contributed by atoms with van der Waals surface area (Å²) >= 11 is 0. The fraction of sp³-hybridized carbons (Fsp3) is 0.444. The first-order chi connectivity index (χ1) is 12.2. The lowest BCUT2D eigenvalue weighted by Gasteiger charge is -2.08. The van der Waals surface area contributed by atoms with Crippen LogP contribution in [0.5, 0.6) is 0 Å². The van der Waals surface area contributed by atoms with E-state index in [4.69, 9.17) is 0 Å². The number of carbonyl (C=O) groups is 1. The lowest BCUT2D eigenvalue weighted by atomic mass is 10.1. The lowest BCUT2D eigenvalue weighted by Crippen LogP contribution is -2.23. The molecule has 1 amide bonds. The van der Waals surface area contributed by atoms with E-state index in [9.17, 15) is 18.0 Å². The minimum absolute atomic E-state index is 0.113. The zero-order valence-electron chi connectivity index (χ0n) is 14.7. The van der Waals surface area contributed by atoms with Crippen molar-refractivity contribution in [2.75, 3.05) is 6.61 Å². The van der Waals surface area contributed by atoms with Crippen molar-refractivity contribution in [3.8, 4) is 0 Å². The van der Waals surface area contributed by atoms with Gasteiger partial charge in [0.25, 0.3) is 5.91 Å². The highest BCUT2D eigenvalue weighted by atomic mass is 19.4. The number of aromatic nitrogens is 2. The molecule has 2 rings (SSSR count). The van der Waals surface area contributed by atoms with Gasteiger partial charge in [-0.1, -0.05) is 38.1 Å². The van der Waals surface area contributed by atoms with Crippen LogP contribution in [0.3, 0.4) is 0 Å². The number of carbonyl (C=O) groups excluding carboxylic acids is 1. The molecule has 142 valence electrons. The summed E-state index contributed by atoms with van der Waals surface area (Å²) in [6, 6.07) is 8.55. The molecule has 1 aromatic carbocycles. The van der Waals surface area contributed by atoms with Crippen molar-refractivity contribution in [2.45, 2.75) is 39.6 Å². The molecule has 0 bridgehead atoms. The largest absolute Gasteiger partial charge is 0.411 e. The second-order valence-corrected chi connectivity index (χ2v) is 6.48. The zero-order chi connectivity index (χ0) is 19.2. The average Bonchev–Trinajstić information content (AvgIpc) is 3.00. The Labute approximate surface area is 149 Å². The van der Waals surface area contributed by atoms with Crippen LogP contribution in [-0.2, 0) is 24.3 Å². The SMILES string of the molecule is CC(C)Cc1cc(C(=O)NCc2ccc(COCC(F)(F)F)cc2)n[nH]1. The Morgan fingerprint density at radius 2 is 1.88 bits per heavy atom. The first kappa shape index (κ1) is 20.0. The molecule has 0 saturated carbocycles. The maximum atomic E-state index is 12.1. The van der Waals surface area contributed by atoms with Crippen molar-refractivity contribution < 1.29 is 22.7 Å². The Bertz CT molecular complexity index is 709. The van der Waals surface area contributed by atoms with Crippen molar-refractivity contribution in [1.29, 1.82) is 0 Å².